The van der Waals surface area contributed by atoms with Gasteiger partial charge in [-0.15, -0.1) is 11.6 Å². The fourth-order valence-corrected chi connectivity index (χ4v) is 5.58. The molecule has 0 atom stereocenters. The SMILES string of the molecule is CCCCCCCCCCCCCCCC[N+](CCCCl)(Cc1ccccc1)Cc1ccccc1. The average molecular weight is 499 g/mol. The zero-order chi connectivity index (χ0) is 24.9. The molecular formula is C33H53ClN+. The standard InChI is InChI=1S/C33H53ClN/c1-2-3-4-5-6-7-8-9-10-11-12-13-14-21-28-35(29-22-27-34,30-32-23-17-15-18-24-32)31-33-25-19-16-20-26-33/h15-20,23-26H,2-14,21-22,27-31H2,1H3/q+1. The van der Waals surface area contributed by atoms with Crippen molar-refractivity contribution >= 4 is 11.6 Å². The van der Waals surface area contributed by atoms with Crippen molar-refractivity contribution in [2.75, 3.05) is 19.0 Å². The first-order chi connectivity index (χ1) is 17.3. The van der Waals surface area contributed by atoms with Crippen LogP contribution in [-0.4, -0.2) is 23.5 Å². The number of halogens is 1. The van der Waals surface area contributed by atoms with Crippen LogP contribution >= 0.6 is 11.6 Å². The Morgan fingerprint density at radius 3 is 1.26 bits per heavy atom. The van der Waals surface area contributed by atoms with E-state index >= 15 is 0 Å². The molecule has 0 heterocycles. The monoisotopic (exact) mass is 498 g/mol. The van der Waals surface area contributed by atoms with E-state index in [0.29, 0.717) is 0 Å². The van der Waals surface area contributed by atoms with E-state index in [9.17, 15) is 0 Å². The molecule has 0 bridgehead atoms. The van der Waals surface area contributed by atoms with Gasteiger partial charge in [0.2, 0.25) is 0 Å². The Bertz CT molecular complexity index is 673. The zero-order valence-electron chi connectivity index (χ0n) is 22.7. The van der Waals surface area contributed by atoms with Crippen LogP contribution in [0.3, 0.4) is 0 Å². The average Bonchev–Trinajstić information content (AvgIpc) is 2.89. The summed E-state index contributed by atoms with van der Waals surface area (Å²) in [6.45, 7) is 6.91. The smallest absolute Gasteiger partial charge is 0.105 e. The van der Waals surface area contributed by atoms with Crippen LogP contribution in [0.5, 0.6) is 0 Å². The molecule has 0 spiro atoms. The van der Waals surface area contributed by atoms with Gasteiger partial charge in [-0.25, -0.2) is 0 Å². The van der Waals surface area contributed by atoms with Crippen LogP contribution in [0, 0.1) is 0 Å². The lowest BCUT2D eigenvalue weighted by Crippen LogP contribution is -2.48. The molecule has 0 amide bonds. The lowest BCUT2D eigenvalue weighted by atomic mass is 10.0. The fraction of sp³-hybridized carbons (Fsp3) is 0.636. The quantitative estimate of drug-likeness (QED) is 0.0859. The van der Waals surface area contributed by atoms with Crippen LogP contribution in [0.1, 0.15) is 114 Å². The van der Waals surface area contributed by atoms with Crippen LogP contribution in [0.2, 0.25) is 0 Å². The summed E-state index contributed by atoms with van der Waals surface area (Å²) in [4.78, 5) is 0. The number of benzene rings is 2. The second-order valence-electron chi connectivity index (χ2n) is 10.7. The summed E-state index contributed by atoms with van der Waals surface area (Å²) in [6, 6.07) is 22.2. The van der Waals surface area contributed by atoms with Gasteiger partial charge in [-0.3, -0.25) is 0 Å². The predicted octanol–water partition coefficient (Wildman–Crippen LogP) is 10.3. The molecule has 0 N–H and O–H groups in total. The summed E-state index contributed by atoms with van der Waals surface area (Å²) in [5.74, 6) is 0.752. The van der Waals surface area contributed by atoms with E-state index in [4.69, 9.17) is 11.6 Å². The maximum absolute atomic E-state index is 6.20. The van der Waals surface area contributed by atoms with E-state index in [2.05, 4.69) is 67.6 Å². The van der Waals surface area contributed by atoms with Crippen molar-refractivity contribution in [3.05, 3.63) is 71.8 Å². The highest BCUT2D eigenvalue weighted by molar-refractivity contribution is 6.17. The molecule has 2 heteroatoms. The van der Waals surface area contributed by atoms with Gasteiger partial charge in [-0.2, -0.15) is 0 Å². The lowest BCUT2D eigenvalue weighted by molar-refractivity contribution is -0.953. The van der Waals surface area contributed by atoms with Gasteiger partial charge in [0.05, 0.1) is 13.1 Å². The van der Waals surface area contributed by atoms with E-state index in [1.54, 1.807) is 0 Å². The summed E-state index contributed by atoms with van der Waals surface area (Å²) < 4.78 is 1.12. The normalized spacial score (nSPS) is 11.7. The maximum atomic E-state index is 6.20. The Labute approximate surface area is 222 Å². The molecule has 0 aromatic heterocycles. The minimum Gasteiger partial charge on any atom is -0.316 e. The Morgan fingerprint density at radius 1 is 0.486 bits per heavy atom. The van der Waals surface area contributed by atoms with Crippen molar-refractivity contribution in [3.8, 4) is 0 Å². The van der Waals surface area contributed by atoms with Crippen LogP contribution in [0.4, 0.5) is 0 Å². The van der Waals surface area contributed by atoms with Gasteiger partial charge >= 0.3 is 0 Å². The summed E-state index contributed by atoms with van der Waals surface area (Å²) in [7, 11) is 0. The second kappa shape index (κ2) is 19.8. The third kappa shape index (κ3) is 14.1. The van der Waals surface area contributed by atoms with E-state index in [-0.39, 0.29) is 0 Å². The number of hydrogen-bond donors (Lipinski definition) is 0. The summed E-state index contributed by atoms with van der Waals surface area (Å²) in [5, 5.41) is 0. The number of unbranched alkanes of at least 4 members (excludes halogenated alkanes) is 13. The zero-order valence-corrected chi connectivity index (χ0v) is 23.5. The number of nitrogens with zero attached hydrogens (tertiary/aromatic N) is 1. The molecule has 0 radical (unpaired) electrons. The minimum atomic E-state index is 0.752. The van der Waals surface area contributed by atoms with Crippen LogP contribution in [0.25, 0.3) is 0 Å². The lowest BCUT2D eigenvalue weighted by Gasteiger charge is -2.39. The first kappa shape index (κ1) is 29.9. The highest BCUT2D eigenvalue weighted by Crippen LogP contribution is 2.23. The molecular weight excluding hydrogens is 446 g/mol. The second-order valence-corrected chi connectivity index (χ2v) is 11.1. The Morgan fingerprint density at radius 2 is 0.857 bits per heavy atom. The molecule has 0 saturated heterocycles. The molecule has 0 unspecified atom stereocenters. The predicted molar refractivity (Wildman–Crippen MR) is 156 cm³/mol. The highest BCUT2D eigenvalue weighted by atomic mass is 35.5. The van der Waals surface area contributed by atoms with Crippen molar-refractivity contribution in [2.24, 2.45) is 0 Å². The van der Waals surface area contributed by atoms with Gasteiger partial charge in [0.1, 0.15) is 13.1 Å². The van der Waals surface area contributed by atoms with Crippen molar-refractivity contribution < 1.29 is 4.48 Å². The van der Waals surface area contributed by atoms with E-state index in [0.717, 1.165) is 36.4 Å². The highest BCUT2D eigenvalue weighted by Gasteiger charge is 2.27. The molecule has 0 saturated carbocycles. The number of hydrogen-bond acceptors (Lipinski definition) is 0. The van der Waals surface area contributed by atoms with Gasteiger partial charge in [0, 0.05) is 23.4 Å². The number of rotatable bonds is 22. The number of quaternary nitrogens is 1. The van der Waals surface area contributed by atoms with Crippen LogP contribution in [-0.2, 0) is 13.1 Å². The molecule has 0 fully saturated rings. The Balaban J connectivity index is 1.73. The molecule has 0 aliphatic rings. The first-order valence-electron chi connectivity index (χ1n) is 14.8. The van der Waals surface area contributed by atoms with Gasteiger partial charge in [0.15, 0.2) is 0 Å². The van der Waals surface area contributed by atoms with Gasteiger partial charge in [-0.05, 0) is 12.8 Å². The molecule has 2 aromatic carbocycles. The summed E-state index contributed by atoms with van der Waals surface area (Å²) in [6.07, 6.45) is 20.9. The molecule has 2 aromatic rings. The van der Waals surface area contributed by atoms with Gasteiger partial charge in [0.25, 0.3) is 0 Å². The summed E-state index contributed by atoms with van der Waals surface area (Å²) >= 11 is 6.20. The summed E-state index contributed by atoms with van der Waals surface area (Å²) in [5.41, 5.74) is 2.90. The first-order valence-corrected chi connectivity index (χ1v) is 15.3. The number of alkyl halides is 1. The van der Waals surface area contributed by atoms with E-state index in [1.807, 2.05) is 0 Å². The van der Waals surface area contributed by atoms with Crippen molar-refractivity contribution in [3.63, 3.8) is 0 Å². The topological polar surface area (TPSA) is 0 Å². The fourth-order valence-electron chi connectivity index (χ4n) is 5.46. The van der Waals surface area contributed by atoms with Crippen LogP contribution < -0.4 is 0 Å². The molecule has 0 aliphatic carbocycles. The van der Waals surface area contributed by atoms with Crippen molar-refractivity contribution in [1.29, 1.82) is 0 Å². The largest absolute Gasteiger partial charge is 0.316 e. The van der Waals surface area contributed by atoms with Gasteiger partial charge < -0.3 is 4.48 Å². The Kier molecular flexibility index (Phi) is 16.9. The van der Waals surface area contributed by atoms with E-state index in [1.165, 1.54) is 108 Å². The van der Waals surface area contributed by atoms with Gasteiger partial charge in [-0.1, -0.05) is 145 Å². The minimum absolute atomic E-state index is 0.752. The maximum Gasteiger partial charge on any atom is 0.105 e. The molecule has 2 rings (SSSR count). The third-order valence-electron chi connectivity index (χ3n) is 7.47. The molecule has 196 valence electrons. The Hall–Kier alpha value is -1.31. The van der Waals surface area contributed by atoms with Crippen LogP contribution in [0.15, 0.2) is 60.7 Å². The molecule has 0 aliphatic heterocycles. The van der Waals surface area contributed by atoms with E-state index < -0.39 is 0 Å². The van der Waals surface area contributed by atoms with Crippen molar-refractivity contribution in [1.82, 2.24) is 0 Å². The molecule has 1 nitrogen and oxygen atoms in total. The third-order valence-corrected chi connectivity index (χ3v) is 7.74. The molecule has 35 heavy (non-hydrogen) atoms. The van der Waals surface area contributed by atoms with Crippen molar-refractivity contribution in [2.45, 2.75) is 116 Å².